The van der Waals surface area contributed by atoms with E-state index in [4.69, 9.17) is 5.11 Å². The van der Waals surface area contributed by atoms with E-state index in [9.17, 15) is 9.59 Å². The number of carbonyl (C=O) groups excluding carboxylic acids is 1. The molecule has 20 heavy (non-hydrogen) atoms. The zero-order valence-electron chi connectivity index (χ0n) is 10.8. The molecule has 0 saturated heterocycles. The van der Waals surface area contributed by atoms with Crippen molar-refractivity contribution >= 4 is 33.5 Å². The van der Waals surface area contributed by atoms with Crippen molar-refractivity contribution in [2.24, 2.45) is 0 Å². The van der Waals surface area contributed by atoms with Crippen molar-refractivity contribution in [3.05, 3.63) is 45.2 Å². The smallest absolute Gasteiger partial charge is 0.335 e. The Bertz CT molecular complexity index is 675. The number of amides is 1. The van der Waals surface area contributed by atoms with Crippen molar-refractivity contribution in [2.75, 3.05) is 5.32 Å². The number of benzene rings is 1. The summed E-state index contributed by atoms with van der Waals surface area (Å²) in [5.74, 6) is -1.39. The van der Waals surface area contributed by atoms with Gasteiger partial charge in [-0.25, -0.2) is 4.79 Å². The minimum Gasteiger partial charge on any atom is -0.478 e. The number of halogens is 1. The molecule has 0 saturated carbocycles. The van der Waals surface area contributed by atoms with Crippen molar-refractivity contribution in [1.29, 1.82) is 0 Å². The van der Waals surface area contributed by atoms with Crippen LogP contribution in [0.25, 0.3) is 0 Å². The number of aryl methyl sites for hydroxylation is 2. The van der Waals surface area contributed by atoms with Crippen LogP contribution in [0.2, 0.25) is 0 Å². The Morgan fingerprint density at radius 3 is 2.55 bits per heavy atom. The summed E-state index contributed by atoms with van der Waals surface area (Å²) in [7, 11) is 0. The first-order chi connectivity index (χ1) is 9.38. The van der Waals surface area contributed by atoms with Gasteiger partial charge in [0.2, 0.25) is 0 Å². The second-order valence-corrected chi connectivity index (χ2v) is 5.21. The highest BCUT2D eigenvalue weighted by molar-refractivity contribution is 9.10. The van der Waals surface area contributed by atoms with Crippen LogP contribution in [-0.4, -0.2) is 27.2 Å². The summed E-state index contributed by atoms with van der Waals surface area (Å²) in [4.78, 5) is 23.2. The molecular formula is C13H12BrN3O3. The molecule has 2 aromatic rings. The molecule has 0 aliphatic heterocycles. The Labute approximate surface area is 123 Å². The number of hydrogen-bond donors (Lipinski definition) is 3. The fraction of sp³-hybridized carbons (Fsp3) is 0.154. The Morgan fingerprint density at radius 2 is 2.00 bits per heavy atom. The van der Waals surface area contributed by atoms with Gasteiger partial charge in [0.25, 0.3) is 5.91 Å². The number of anilines is 1. The molecule has 0 atom stereocenters. The molecule has 0 unspecified atom stereocenters. The lowest BCUT2D eigenvalue weighted by Crippen LogP contribution is -2.14. The molecule has 1 aromatic carbocycles. The second-order valence-electron chi connectivity index (χ2n) is 4.30. The monoisotopic (exact) mass is 337 g/mol. The van der Waals surface area contributed by atoms with Crippen LogP contribution in [0.5, 0.6) is 0 Å². The van der Waals surface area contributed by atoms with Gasteiger partial charge in [0, 0.05) is 15.9 Å². The van der Waals surface area contributed by atoms with E-state index < -0.39 is 5.97 Å². The van der Waals surface area contributed by atoms with E-state index in [1.807, 2.05) is 0 Å². The number of H-pyrrole nitrogens is 1. The van der Waals surface area contributed by atoms with Crippen LogP contribution < -0.4 is 5.32 Å². The van der Waals surface area contributed by atoms with Gasteiger partial charge in [-0.3, -0.25) is 9.89 Å². The first-order valence-electron chi connectivity index (χ1n) is 5.75. The highest BCUT2D eigenvalue weighted by Gasteiger charge is 2.16. The van der Waals surface area contributed by atoms with Crippen molar-refractivity contribution in [3.63, 3.8) is 0 Å². The molecule has 0 spiro atoms. The largest absolute Gasteiger partial charge is 0.478 e. The molecule has 1 heterocycles. The number of carbonyl (C=O) groups is 2. The number of aromatic amines is 1. The average Bonchev–Trinajstić information content (AvgIpc) is 2.68. The van der Waals surface area contributed by atoms with E-state index in [-0.39, 0.29) is 11.5 Å². The van der Waals surface area contributed by atoms with E-state index in [1.165, 1.54) is 12.1 Å². The lowest BCUT2D eigenvalue weighted by Gasteiger charge is -2.07. The van der Waals surface area contributed by atoms with E-state index in [1.54, 1.807) is 19.9 Å². The van der Waals surface area contributed by atoms with Gasteiger partial charge in [0.05, 0.1) is 16.8 Å². The number of aromatic nitrogens is 2. The van der Waals surface area contributed by atoms with Gasteiger partial charge in [0.1, 0.15) is 0 Å². The SMILES string of the molecule is Cc1n[nH]c(C)c1C(=O)Nc1cc(Br)cc(C(=O)O)c1. The molecule has 1 amide bonds. The molecule has 1 aromatic heterocycles. The molecule has 104 valence electrons. The van der Waals surface area contributed by atoms with E-state index in [0.29, 0.717) is 27.1 Å². The van der Waals surface area contributed by atoms with Gasteiger partial charge < -0.3 is 10.4 Å². The lowest BCUT2D eigenvalue weighted by molar-refractivity contribution is 0.0696. The topological polar surface area (TPSA) is 95.1 Å². The van der Waals surface area contributed by atoms with E-state index >= 15 is 0 Å². The quantitative estimate of drug-likeness (QED) is 0.802. The lowest BCUT2D eigenvalue weighted by atomic mass is 10.1. The highest BCUT2D eigenvalue weighted by atomic mass is 79.9. The Morgan fingerprint density at radius 1 is 1.30 bits per heavy atom. The Hall–Kier alpha value is -2.15. The summed E-state index contributed by atoms with van der Waals surface area (Å²) in [5.41, 5.74) is 2.21. The van der Waals surface area contributed by atoms with E-state index in [0.717, 1.165) is 0 Å². The van der Waals surface area contributed by atoms with Gasteiger partial charge in [-0.15, -0.1) is 0 Å². The number of carboxylic acid groups (broad SMARTS) is 1. The number of aromatic carboxylic acids is 1. The van der Waals surface area contributed by atoms with Gasteiger partial charge in [-0.1, -0.05) is 15.9 Å². The summed E-state index contributed by atoms with van der Waals surface area (Å²) in [5, 5.41) is 18.3. The standard InChI is InChI=1S/C13H12BrN3O3/c1-6-11(7(2)17-16-6)12(18)15-10-4-8(13(19)20)3-9(14)5-10/h3-5H,1-2H3,(H,15,18)(H,16,17)(H,19,20). The van der Waals surface area contributed by atoms with Gasteiger partial charge in [-0.05, 0) is 32.0 Å². The molecule has 0 aliphatic rings. The predicted octanol–water partition coefficient (Wildman–Crippen LogP) is 2.74. The van der Waals surface area contributed by atoms with Crippen LogP contribution in [0.3, 0.4) is 0 Å². The Balaban J connectivity index is 2.31. The van der Waals surface area contributed by atoms with Crippen LogP contribution in [0.1, 0.15) is 32.1 Å². The van der Waals surface area contributed by atoms with Gasteiger partial charge in [-0.2, -0.15) is 5.10 Å². The third kappa shape index (κ3) is 2.88. The number of rotatable bonds is 3. The molecule has 2 rings (SSSR count). The number of nitrogens with zero attached hydrogens (tertiary/aromatic N) is 1. The minimum absolute atomic E-state index is 0.0929. The van der Waals surface area contributed by atoms with Crippen LogP contribution in [0.4, 0.5) is 5.69 Å². The molecule has 0 bridgehead atoms. The zero-order chi connectivity index (χ0) is 14.9. The Kier molecular flexibility index (Phi) is 3.89. The van der Waals surface area contributed by atoms with Gasteiger partial charge >= 0.3 is 5.97 Å². The average molecular weight is 338 g/mol. The second kappa shape index (κ2) is 5.46. The predicted molar refractivity (Wildman–Crippen MR) is 77.1 cm³/mol. The van der Waals surface area contributed by atoms with Crippen LogP contribution >= 0.6 is 15.9 Å². The normalized spacial score (nSPS) is 10.3. The summed E-state index contributed by atoms with van der Waals surface area (Å²) in [6, 6.07) is 4.50. The summed E-state index contributed by atoms with van der Waals surface area (Å²) in [6.45, 7) is 3.47. The first-order valence-corrected chi connectivity index (χ1v) is 6.54. The van der Waals surface area contributed by atoms with Crippen molar-refractivity contribution in [3.8, 4) is 0 Å². The maximum atomic E-state index is 12.2. The fourth-order valence-corrected chi connectivity index (χ4v) is 2.36. The highest BCUT2D eigenvalue weighted by Crippen LogP contribution is 2.21. The third-order valence-corrected chi connectivity index (χ3v) is 3.22. The molecule has 7 heteroatoms. The van der Waals surface area contributed by atoms with Crippen LogP contribution in [-0.2, 0) is 0 Å². The molecule has 0 aliphatic carbocycles. The summed E-state index contributed by atoms with van der Waals surface area (Å²) >= 11 is 3.22. The maximum absolute atomic E-state index is 12.2. The third-order valence-electron chi connectivity index (χ3n) is 2.76. The summed E-state index contributed by atoms with van der Waals surface area (Å²) < 4.78 is 0.577. The van der Waals surface area contributed by atoms with Crippen LogP contribution in [0.15, 0.2) is 22.7 Å². The number of carboxylic acids is 1. The molecule has 0 radical (unpaired) electrons. The number of hydrogen-bond acceptors (Lipinski definition) is 3. The van der Waals surface area contributed by atoms with Crippen molar-refractivity contribution in [2.45, 2.75) is 13.8 Å². The molecule has 0 fully saturated rings. The molecular weight excluding hydrogens is 326 g/mol. The van der Waals surface area contributed by atoms with Gasteiger partial charge in [0.15, 0.2) is 0 Å². The first kappa shape index (κ1) is 14.3. The minimum atomic E-state index is -1.06. The van der Waals surface area contributed by atoms with E-state index in [2.05, 4.69) is 31.4 Å². The molecule has 3 N–H and O–H groups in total. The number of nitrogens with one attached hydrogen (secondary N) is 2. The fourth-order valence-electron chi connectivity index (χ4n) is 1.86. The van der Waals surface area contributed by atoms with Crippen molar-refractivity contribution in [1.82, 2.24) is 10.2 Å². The molecule has 6 nitrogen and oxygen atoms in total. The maximum Gasteiger partial charge on any atom is 0.335 e. The van der Waals surface area contributed by atoms with Crippen LogP contribution in [0, 0.1) is 13.8 Å². The van der Waals surface area contributed by atoms with Crippen molar-refractivity contribution < 1.29 is 14.7 Å². The zero-order valence-corrected chi connectivity index (χ0v) is 12.4. The summed E-state index contributed by atoms with van der Waals surface area (Å²) in [6.07, 6.45) is 0.